The summed E-state index contributed by atoms with van der Waals surface area (Å²) < 4.78 is 5.31. The second kappa shape index (κ2) is 7.30. The van der Waals surface area contributed by atoms with Crippen LogP contribution in [0.4, 0.5) is 5.69 Å². The molecule has 1 saturated heterocycles. The molecule has 0 aromatic heterocycles. The van der Waals surface area contributed by atoms with Crippen molar-refractivity contribution in [3.8, 4) is 0 Å². The summed E-state index contributed by atoms with van der Waals surface area (Å²) in [5.41, 5.74) is 8.39. The molecular weight excluding hydrogens is 272 g/mol. The molecule has 2 atom stereocenters. The number of piperidine rings is 1. The Morgan fingerprint density at radius 3 is 3.00 bits per heavy atom. The molecule has 0 bridgehead atoms. The molecule has 20 heavy (non-hydrogen) atoms. The second-order valence-electron chi connectivity index (χ2n) is 5.84. The normalized spacial score (nSPS) is 21.0. The van der Waals surface area contributed by atoms with Gasteiger partial charge in [0.15, 0.2) is 0 Å². The van der Waals surface area contributed by atoms with Gasteiger partial charge in [-0.25, -0.2) is 0 Å². The fourth-order valence-corrected chi connectivity index (χ4v) is 3.38. The molecular formula is C16H25ClN2O. The van der Waals surface area contributed by atoms with Crippen molar-refractivity contribution in [1.82, 2.24) is 0 Å². The van der Waals surface area contributed by atoms with Gasteiger partial charge in [0.1, 0.15) is 0 Å². The van der Waals surface area contributed by atoms with Crippen molar-refractivity contribution >= 4 is 17.3 Å². The van der Waals surface area contributed by atoms with Gasteiger partial charge in [0.05, 0.1) is 17.3 Å². The Morgan fingerprint density at radius 1 is 1.50 bits per heavy atom. The first-order chi connectivity index (χ1) is 9.61. The summed E-state index contributed by atoms with van der Waals surface area (Å²) in [4.78, 5) is 2.41. The van der Waals surface area contributed by atoms with Gasteiger partial charge in [-0.3, -0.25) is 0 Å². The van der Waals surface area contributed by atoms with E-state index in [1.165, 1.54) is 24.1 Å². The third kappa shape index (κ3) is 3.87. The second-order valence-corrected chi connectivity index (χ2v) is 6.25. The molecule has 1 aliphatic rings. The average molecular weight is 297 g/mol. The van der Waals surface area contributed by atoms with Gasteiger partial charge in [-0.1, -0.05) is 23.7 Å². The number of ether oxygens (including phenoxy) is 1. The number of nitrogens with two attached hydrogens (primary N) is 1. The molecule has 0 aliphatic carbocycles. The highest BCUT2D eigenvalue weighted by Gasteiger charge is 2.23. The third-order valence-corrected chi connectivity index (χ3v) is 4.15. The van der Waals surface area contributed by atoms with Crippen LogP contribution in [0.15, 0.2) is 18.2 Å². The zero-order valence-electron chi connectivity index (χ0n) is 12.4. The van der Waals surface area contributed by atoms with Crippen molar-refractivity contribution in [3.05, 3.63) is 28.8 Å². The maximum absolute atomic E-state index is 6.46. The summed E-state index contributed by atoms with van der Waals surface area (Å²) >= 11 is 6.46. The first-order valence-electron chi connectivity index (χ1n) is 7.38. The smallest absolute Gasteiger partial charge is 0.0642 e. The predicted molar refractivity (Wildman–Crippen MR) is 85.6 cm³/mol. The highest BCUT2D eigenvalue weighted by molar-refractivity contribution is 6.33. The minimum absolute atomic E-state index is 0.145. The number of benzene rings is 1. The van der Waals surface area contributed by atoms with Gasteiger partial charge in [-0.05, 0) is 43.7 Å². The van der Waals surface area contributed by atoms with E-state index in [0.29, 0.717) is 5.92 Å². The molecule has 0 saturated carbocycles. The van der Waals surface area contributed by atoms with Gasteiger partial charge < -0.3 is 15.4 Å². The Bertz CT molecular complexity index is 434. The minimum Gasteiger partial charge on any atom is -0.384 e. The number of anilines is 1. The summed E-state index contributed by atoms with van der Waals surface area (Å²) in [6, 6.07) is 6.28. The quantitative estimate of drug-likeness (QED) is 0.907. The van der Waals surface area contributed by atoms with Crippen LogP contribution in [0.1, 0.15) is 25.3 Å². The number of hydrogen-bond donors (Lipinski definition) is 1. The Labute approximate surface area is 127 Å². The van der Waals surface area contributed by atoms with Crippen molar-refractivity contribution in [2.45, 2.75) is 32.2 Å². The molecule has 0 amide bonds. The van der Waals surface area contributed by atoms with Gasteiger partial charge in [-0.15, -0.1) is 0 Å². The number of methoxy groups -OCH3 is 1. The number of halogens is 1. The topological polar surface area (TPSA) is 38.5 Å². The average Bonchev–Trinajstić information content (AvgIpc) is 2.39. The zero-order valence-corrected chi connectivity index (χ0v) is 13.2. The SMILES string of the molecule is COCC1CCCN(c2c(Cl)cccc2CC(C)N)C1. The van der Waals surface area contributed by atoms with Crippen molar-refractivity contribution in [2.24, 2.45) is 11.7 Å². The van der Waals surface area contributed by atoms with Crippen LogP contribution in [0.25, 0.3) is 0 Å². The molecule has 2 rings (SSSR count). The monoisotopic (exact) mass is 296 g/mol. The number of rotatable bonds is 5. The van der Waals surface area contributed by atoms with Gasteiger partial charge in [-0.2, -0.15) is 0 Å². The summed E-state index contributed by atoms with van der Waals surface area (Å²) in [5.74, 6) is 0.591. The van der Waals surface area contributed by atoms with Gasteiger partial charge in [0.2, 0.25) is 0 Å². The number of hydrogen-bond acceptors (Lipinski definition) is 3. The first-order valence-corrected chi connectivity index (χ1v) is 7.76. The molecule has 1 fully saturated rings. The van der Waals surface area contributed by atoms with Crippen molar-refractivity contribution < 1.29 is 4.74 Å². The molecule has 3 nitrogen and oxygen atoms in total. The van der Waals surface area contributed by atoms with Crippen LogP contribution in [0.5, 0.6) is 0 Å². The van der Waals surface area contributed by atoms with Crippen LogP contribution < -0.4 is 10.6 Å². The van der Waals surface area contributed by atoms with Crippen LogP contribution in [0.3, 0.4) is 0 Å². The van der Waals surface area contributed by atoms with Crippen molar-refractivity contribution in [3.63, 3.8) is 0 Å². The standard InChI is InChI=1S/C16H25ClN2O/c1-12(18)9-14-6-3-7-15(17)16(14)19-8-4-5-13(10-19)11-20-2/h3,6-7,12-13H,4-5,8-11,18H2,1-2H3. The fraction of sp³-hybridized carbons (Fsp3) is 0.625. The molecule has 2 N–H and O–H groups in total. The van der Waals surface area contributed by atoms with Gasteiger partial charge >= 0.3 is 0 Å². The van der Waals surface area contributed by atoms with Crippen LogP contribution >= 0.6 is 11.6 Å². The van der Waals surface area contributed by atoms with E-state index in [1.54, 1.807) is 7.11 Å². The predicted octanol–water partition coefficient (Wildman–Crippen LogP) is 3.09. The molecule has 1 aliphatic heterocycles. The molecule has 4 heteroatoms. The lowest BCUT2D eigenvalue weighted by atomic mass is 9.96. The fourth-order valence-electron chi connectivity index (χ4n) is 3.07. The van der Waals surface area contributed by atoms with Crippen LogP contribution in [0, 0.1) is 5.92 Å². The maximum Gasteiger partial charge on any atom is 0.0642 e. The largest absolute Gasteiger partial charge is 0.384 e. The van der Waals surface area contributed by atoms with E-state index >= 15 is 0 Å². The van der Waals surface area contributed by atoms with E-state index in [9.17, 15) is 0 Å². The zero-order chi connectivity index (χ0) is 14.5. The third-order valence-electron chi connectivity index (χ3n) is 3.85. The highest BCUT2D eigenvalue weighted by Crippen LogP contribution is 2.33. The first kappa shape index (κ1) is 15.6. The van der Waals surface area contributed by atoms with Crippen molar-refractivity contribution in [1.29, 1.82) is 0 Å². The highest BCUT2D eigenvalue weighted by atomic mass is 35.5. The number of nitrogens with zero attached hydrogens (tertiary/aromatic N) is 1. The van der Waals surface area contributed by atoms with E-state index in [4.69, 9.17) is 22.1 Å². The van der Waals surface area contributed by atoms with Gasteiger partial charge in [0.25, 0.3) is 0 Å². The Morgan fingerprint density at radius 2 is 2.30 bits per heavy atom. The van der Waals surface area contributed by atoms with E-state index < -0.39 is 0 Å². The summed E-state index contributed by atoms with van der Waals surface area (Å²) in [7, 11) is 1.77. The maximum atomic E-state index is 6.46. The Kier molecular flexibility index (Phi) is 5.70. The molecule has 0 spiro atoms. The Hall–Kier alpha value is -0.770. The lowest BCUT2D eigenvalue weighted by Gasteiger charge is -2.36. The molecule has 1 aromatic rings. The molecule has 2 unspecified atom stereocenters. The number of para-hydroxylation sites is 1. The van der Waals surface area contributed by atoms with Crippen LogP contribution in [-0.4, -0.2) is 32.8 Å². The molecule has 112 valence electrons. The lowest BCUT2D eigenvalue weighted by molar-refractivity contribution is 0.143. The van der Waals surface area contributed by atoms with Crippen LogP contribution in [-0.2, 0) is 11.2 Å². The van der Waals surface area contributed by atoms with E-state index in [2.05, 4.69) is 11.0 Å². The van der Waals surface area contributed by atoms with E-state index in [0.717, 1.165) is 31.1 Å². The molecule has 1 heterocycles. The molecule has 1 aromatic carbocycles. The summed E-state index contributed by atoms with van der Waals surface area (Å²) in [6.07, 6.45) is 3.29. The Balaban J connectivity index is 2.21. The molecule has 0 radical (unpaired) electrons. The van der Waals surface area contributed by atoms with Gasteiger partial charge in [0, 0.05) is 26.2 Å². The van der Waals surface area contributed by atoms with Crippen LogP contribution in [0.2, 0.25) is 5.02 Å². The summed E-state index contributed by atoms with van der Waals surface area (Å²) in [6.45, 7) is 4.94. The van der Waals surface area contributed by atoms with E-state index in [1.807, 2.05) is 19.1 Å². The summed E-state index contributed by atoms with van der Waals surface area (Å²) in [5, 5.41) is 0.834. The van der Waals surface area contributed by atoms with E-state index in [-0.39, 0.29) is 6.04 Å². The van der Waals surface area contributed by atoms with Crippen molar-refractivity contribution in [2.75, 3.05) is 31.7 Å². The minimum atomic E-state index is 0.145. The lowest BCUT2D eigenvalue weighted by Crippen LogP contribution is -2.38.